The van der Waals surface area contributed by atoms with E-state index in [1.165, 1.54) is 6.07 Å². The van der Waals surface area contributed by atoms with Gasteiger partial charge in [-0.25, -0.2) is 0 Å². The van der Waals surface area contributed by atoms with Crippen LogP contribution in [0.25, 0.3) is 11.1 Å². The molecule has 2 amide bonds. The lowest BCUT2D eigenvalue weighted by molar-refractivity contribution is -0.141. The van der Waals surface area contributed by atoms with E-state index in [2.05, 4.69) is 15.3 Å². The number of carbonyl (C=O) groups is 2. The molecule has 0 unspecified atom stereocenters. The number of nitrogens with zero attached hydrogens (tertiary/aromatic N) is 3. The van der Waals surface area contributed by atoms with Gasteiger partial charge in [-0.2, -0.15) is 13.2 Å². The Bertz CT molecular complexity index is 1500. The van der Waals surface area contributed by atoms with E-state index in [0.29, 0.717) is 28.2 Å². The lowest BCUT2D eigenvalue weighted by atomic mass is 9.81. The van der Waals surface area contributed by atoms with Crippen molar-refractivity contribution in [1.82, 2.24) is 9.97 Å². The molecule has 186 valence electrons. The van der Waals surface area contributed by atoms with Crippen molar-refractivity contribution in [2.24, 2.45) is 0 Å². The van der Waals surface area contributed by atoms with Crippen molar-refractivity contribution < 1.29 is 22.8 Å². The number of rotatable bonds is 4. The average Bonchev–Trinajstić information content (AvgIpc) is 3.09. The van der Waals surface area contributed by atoms with Crippen LogP contribution in [0.4, 0.5) is 30.2 Å². The first-order chi connectivity index (χ1) is 17.6. The van der Waals surface area contributed by atoms with Crippen LogP contribution in [0, 0.1) is 0 Å². The van der Waals surface area contributed by atoms with Crippen LogP contribution in [0.5, 0.6) is 0 Å². The molecule has 0 spiro atoms. The summed E-state index contributed by atoms with van der Waals surface area (Å²) in [6.07, 6.45) is -0.582. The quantitative estimate of drug-likeness (QED) is 0.352. The van der Waals surface area contributed by atoms with Crippen molar-refractivity contribution in [3.63, 3.8) is 0 Å². The van der Waals surface area contributed by atoms with Crippen LogP contribution in [0.2, 0.25) is 0 Å². The Morgan fingerprint density at radius 1 is 0.973 bits per heavy atom. The molecule has 0 saturated heterocycles. The number of carbonyl (C=O) groups excluding carboxylic acids is 2. The standard InChI is InChI=1S/C28H21F3N4O2/c1-27(2)23-20(11-6-12-22(23)35(26(27)37)19-10-7-13-32-16-19)17-14-21(24(33-15-17)28(29,30)31)25(36)34-18-8-4-3-5-9-18/h3-16H,1-2H3,(H,34,36). The largest absolute Gasteiger partial charge is 0.434 e. The Balaban J connectivity index is 1.66. The SMILES string of the molecule is CC1(C)C(=O)N(c2cccnc2)c2cccc(-c3cnc(C(F)(F)F)c(C(=O)Nc4ccccc4)c3)c21. The zero-order valence-corrected chi connectivity index (χ0v) is 19.9. The maximum Gasteiger partial charge on any atom is 0.434 e. The van der Waals surface area contributed by atoms with Gasteiger partial charge in [-0.15, -0.1) is 0 Å². The molecule has 0 fully saturated rings. The number of pyridine rings is 2. The molecule has 2 aromatic carbocycles. The molecule has 6 nitrogen and oxygen atoms in total. The number of hydrogen-bond donors (Lipinski definition) is 1. The highest BCUT2D eigenvalue weighted by molar-refractivity contribution is 6.14. The Morgan fingerprint density at radius 2 is 1.73 bits per heavy atom. The molecule has 1 aliphatic rings. The number of amides is 2. The number of anilines is 3. The van der Waals surface area contributed by atoms with Gasteiger partial charge in [0, 0.05) is 23.6 Å². The molecule has 0 radical (unpaired) electrons. The number of benzene rings is 2. The number of halogens is 3. The fraction of sp³-hybridized carbons (Fsp3) is 0.143. The van der Waals surface area contributed by atoms with Crippen LogP contribution < -0.4 is 10.2 Å². The summed E-state index contributed by atoms with van der Waals surface area (Å²) in [5.74, 6) is -1.14. The minimum absolute atomic E-state index is 0.204. The number of alkyl halides is 3. The van der Waals surface area contributed by atoms with E-state index in [-0.39, 0.29) is 11.5 Å². The topological polar surface area (TPSA) is 75.2 Å². The summed E-state index contributed by atoms with van der Waals surface area (Å²) in [4.78, 5) is 35.8. The second kappa shape index (κ2) is 8.85. The van der Waals surface area contributed by atoms with Gasteiger partial charge >= 0.3 is 6.18 Å². The van der Waals surface area contributed by atoms with Gasteiger partial charge in [0.25, 0.3) is 5.91 Å². The van der Waals surface area contributed by atoms with E-state index in [1.807, 2.05) is 0 Å². The first kappa shape index (κ1) is 24.2. The third-order valence-corrected chi connectivity index (χ3v) is 6.29. The molecule has 9 heteroatoms. The van der Waals surface area contributed by atoms with E-state index in [1.54, 1.807) is 91.8 Å². The maximum atomic E-state index is 13.8. The number of aromatic nitrogens is 2. The van der Waals surface area contributed by atoms with Crippen molar-refractivity contribution in [3.8, 4) is 11.1 Å². The summed E-state index contributed by atoms with van der Waals surface area (Å²) in [5.41, 5.74) is 0.0409. The molecule has 5 rings (SSSR count). The average molecular weight is 502 g/mol. The third kappa shape index (κ3) is 4.22. The molecule has 4 aromatic rings. The maximum absolute atomic E-state index is 13.8. The fourth-order valence-electron chi connectivity index (χ4n) is 4.59. The summed E-state index contributed by atoms with van der Waals surface area (Å²) in [5, 5.41) is 2.51. The minimum Gasteiger partial charge on any atom is -0.322 e. The first-order valence-corrected chi connectivity index (χ1v) is 11.4. The zero-order chi connectivity index (χ0) is 26.4. The lowest BCUT2D eigenvalue weighted by Crippen LogP contribution is -2.33. The molecule has 0 atom stereocenters. The highest BCUT2D eigenvalue weighted by Gasteiger charge is 2.46. The van der Waals surface area contributed by atoms with Crippen molar-refractivity contribution in [3.05, 3.63) is 102 Å². The van der Waals surface area contributed by atoms with Crippen LogP contribution in [0.3, 0.4) is 0 Å². The molecule has 3 heterocycles. The van der Waals surface area contributed by atoms with Crippen LogP contribution >= 0.6 is 0 Å². The van der Waals surface area contributed by atoms with Gasteiger partial charge in [0.05, 0.1) is 28.6 Å². The summed E-state index contributed by atoms with van der Waals surface area (Å²) < 4.78 is 41.4. The van der Waals surface area contributed by atoms with E-state index < -0.39 is 28.8 Å². The minimum atomic E-state index is -4.84. The van der Waals surface area contributed by atoms with E-state index >= 15 is 0 Å². The number of fused-ring (bicyclic) bond motifs is 1. The van der Waals surface area contributed by atoms with Crippen LogP contribution in [-0.2, 0) is 16.4 Å². The van der Waals surface area contributed by atoms with Gasteiger partial charge in [-0.05, 0) is 61.4 Å². The second-order valence-electron chi connectivity index (χ2n) is 9.11. The van der Waals surface area contributed by atoms with Crippen molar-refractivity contribution in [2.75, 3.05) is 10.2 Å². The Kier molecular flexibility index (Phi) is 5.78. The van der Waals surface area contributed by atoms with Gasteiger partial charge in [0.15, 0.2) is 5.69 Å². The van der Waals surface area contributed by atoms with Gasteiger partial charge < -0.3 is 5.32 Å². The molecule has 0 aliphatic carbocycles. The fourth-order valence-corrected chi connectivity index (χ4v) is 4.59. The van der Waals surface area contributed by atoms with E-state index in [4.69, 9.17) is 0 Å². The third-order valence-electron chi connectivity index (χ3n) is 6.29. The predicted molar refractivity (Wildman–Crippen MR) is 133 cm³/mol. The predicted octanol–water partition coefficient (Wildman–Crippen LogP) is 6.37. The highest BCUT2D eigenvalue weighted by Crippen LogP contribution is 2.49. The highest BCUT2D eigenvalue weighted by atomic mass is 19.4. The van der Waals surface area contributed by atoms with E-state index in [9.17, 15) is 22.8 Å². The van der Waals surface area contributed by atoms with Crippen molar-refractivity contribution in [2.45, 2.75) is 25.4 Å². The van der Waals surface area contributed by atoms with Gasteiger partial charge in [0.1, 0.15) is 0 Å². The molecule has 1 aliphatic heterocycles. The van der Waals surface area contributed by atoms with Crippen molar-refractivity contribution in [1.29, 1.82) is 0 Å². The Morgan fingerprint density at radius 3 is 2.41 bits per heavy atom. The Labute approximate surface area is 210 Å². The number of hydrogen-bond acceptors (Lipinski definition) is 4. The summed E-state index contributed by atoms with van der Waals surface area (Å²) in [6.45, 7) is 3.52. The summed E-state index contributed by atoms with van der Waals surface area (Å²) >= 11 is 0. The van der Waals surface area contributed by atoms with Gasteiger partial charge in [-0.1, -0.05) is 30.3 Å². The Hall–Kier alpha value is -4.53. The summed E-state index contributed by atoms with van der Waals surface area (Å²) in [7, 11) is 0. The molecule has 0 saturated carbocycles. The van der Waals surface area contributed by atoms with Gasteiger partial charge in [0.2, 0.25) is 5.91 Å². The van der Waals surface area contributed by atoms with Gasteiger partial charge in [-0.3, -0.25) is 24.5 Å². The molecular weight excluding hydrogens is 481 g/mol. The normalized spacial score (nSPS) is 14.4. The number of para-hydroxylation sites is 1. The second-order valence-corrected chi connectivity index (χ2v) is 9.11. The van der Waals surface area contributed by atoms with Crippen LogP contribution in [-0.4, -0.2) is 21.8 Å². The zero-order valence-electron chi connectivity index (χ0n) is 19.9. The smallest absolute Gasteiger partial charge is 0.322 e. The van der Waals surface area contributed by atoms with E-state index in [0.717, 1.165) is 6.20 Å². The molecule has 2 aromatic heterocycles. The summed E-state index contributed by atoms with van der Waals surface area (Å²) in [6, 6.07) is 18.1. The molecule has 37 heavy (non-hydrogen) atoms. The molecule has 0 bridgehead atoms. The van der Waals surface area contributed by atoms with Crippen LogP contribution in [0.1, 0.15) is 35.5 Å². The lowest BCUT2D eigenvalue weighted by Gasteiger charge is -2.21. The number of nitrogens with one attached hydrogen (secondary N) is 1. The van der Waals surface area contributed by atoms with Crippen molar-refractivity contribution >= 4 is 28.9 Å². The monoisotopic (exact) mass is 502 g/mol. The van der Waals surface area contributed by atoms with Crippen LogP contribution in [0.15, 0.2) is 85.3 Å². The first-order valence-electron chi connectivity index (χ1n) is 11.4. The molecule has 1 N–H and O–H groups in total. The molecular formula is C28H21F3N4O2.